The number of hydrogen-bond acceptors (Lipinski definition) is 5. The van der Waals surface area contributed by atoms with Crippen LogP contribution in [0, 0.1) is 0 Å². The molecule has 0 unspecified atom stereocenters. The van der Waals surface area contributed by atoms with Crippen LogP contribution in [0.1, 0.15) is 142 Å². The minimum Gasteiger partial charge on any atom is -0.395 e. The second-order valence-corrected chi connectivity index (χ2v) is 10.7. The van der Waals surface area contributed by atoms with Gasteiger partial charge in [0.05, 0.1) is 13.2 Å². The van der Waals surface area contributed by atoms with E-state index in [2.05, 4.69) is 19.2 Å². The number of hydrogen-bond donors (Lipinski definition) is 6. The van der Waals surface area contributed by atoms with Gasteiger partial charge in [0.15, 0.2) is 0 Å². The first kappa shape index (κ1) is 41.4. The van der Waals surface area contributed by atoms with E-state index in [1.165, 1.54) is 128 Å². The number of nitrogens with one attached hydrogen (secondary N) is 1. The molecular weight excluding hydrogens is 493 g/mol. The van der Waals surface area contributed by atoms with Crippen molar-refractivity contribution in [1.82, 2.24) is 5.32 Å². The van der Waals surface area contributed by atoms with Crippen molar-refractivity contribution >= 4 is 7.82 Å². The maximum absolute atomic E-state index is 8.88. The van der Waals surface area contributed by atoms with Crippen LogP contribution in [0.25, 0.3) is 0 Å². The van der Waals surface area contributed by atoms with E-state index >= 15 is 0 Å². The van der Waals surface area contributed by atoms with E-state index in [1.807, 2.05) is 0 Å². The van der Waals surface area contributed by atoms with Crippen LogP contribution >= 0.6 is 7.82 Å². The third-order valence-corrected chi connectivity index (χ3v) is 5.86. The van der Waals surface area contributed by atoms with E-state index in [0.29, 0.717) is 13.1 Å². The van der Waals surface area contributed by atoms with Gasteiger partial charge in [-0.3, -0.25) is 0 Å². The van der Waals surface area contributed by atoms with Gasteiger partial charge >= 0.3 is 7.82 Å². The number of ether oxygens (including phenoxy) is 1. The fourth-order valence-electron chi connectivity index (χ4n) is 3.77. The van der Waals surface area contributed by atoms with Gasteiger partial charge in [-0.05, 0) is 12.8 Å². The van der Waals surface area contributed by atoms with Crippen molar-refractivity contribution < 1.29 is 34.2 Å². The lowest BCUT2D eigenvalue weighted by Gasteiger charge is -2.05. The smallest absolute Gasteiger partial charge is 0.395 e. The first-order valence-electron chi connectivity index (χ1n) is 15.1. The zero-order valence-corrected chi connectivity index (χ0v) is 25.3. The monoisotopic (exact) mass is 557 g/mol. The SMILES string of the molecule is CCCCCCCCCCCCOCCCCCCCCCCCC.O=P(O)(O)O.OCCNCCO. The summed E-state index contributed by atoms with van der Waals surface area (Å²) in [5.41, 5.74) is 0. The van der Waals surface area contributed by atoms with Crippen LogP contribution in [-0.4, -0.2) is 64.4 Å². The van der Waals surface area contributed by atoms with Gasteiger partial charge in [-0.2, -0.15) is 0 Å². The summed E-state index contributed by atoms with van der Waals surface area (Å²) < 4.78 is 14.7. The van der Waals surface area contributed by atoms with Gasteiger partial charge in [0.25, 0.3) is 0 Å². The summed E-state index contributed by atoms with van der Waals surface area (Å²) in [6.07, 6.45) is 28.2. The molecule has 0 saturated carbocycles. The van der Waals surface area contributed by atoms with E-state index in [-0.39, 0.29) is 13.2 Å². The molecule has 0 aromatic carbocycles. The summed E-state index contributed by atoms with van der Waals surface area (Å²) in [5, 5.41) is 19.1. The van der Waals surface area contributed by atoms with Crippen molar-refractivity contribution in [2.45, 2.75) is 142 Å². The molecule has 0 spiro atoms. The van der Waals surface area contributed by atoms with Gasteiger partial charge in [0.1, 0.15) is 0 Å². The Bertz CT molecular complexity index is 391. The highest BCUT2D eigenvalue weighted by Gasteiger charge is 2.00. The third kappa shape index (κ3) is 61.5. The molecule has 0 aliphatic rings. The summed E-state index contributed by atoms with van der Waals surface area (Å²) in [4.78, 5) is 21.6. The predicted molar refractivity (Wildman–Crippen MR) is 156 cm³/mol. The highest BCUT2D eigenvalue weighted by atomic mass is 31.2. The largest absolute Gasteiger partial charge is 0.466 e. The quantitative estimate of drug-likeness (QED) is 0.0525. The molecule has 0 aliphatic carbocycles. The van der Waals surface area contributed by atoms with Gasteiger partial charge < -0.3 is 34.9 Å². The molecule has 228 valence electrons. The third-order valence-electron chi connectivity index (χ3n) is 5.86. The Balaban J connectivity index is -0.000000790. The zero-order chi connectivity index (χ0) is 28.3. The number of unbranched alkanes of at least 4 members (excludes halogenated alkanes) is 18. The van der Waals surface area contributed by atoms with E-state index < -0.39 is 7.82 Å². The summed E-state index contributed by atoms with van der Waals surface area (Å²) >= 11 is 0. The molecule has 0 amide bonds. The summed E-state index contributed by atoms with van der Waals surface area (Å²) in [7, 11) is -4.64. The molecule has 0 aliphatic heterocycles. The lowest BCUT2D eigenvalue weighted by molar-refractivity contribution is 0.125. The van der Waals surface area contributed by atoms with E-state index in [9.17, 15) is 0 Å². The standard InChI is InChI=1S/C24H50O.C4H11NO2.H3O4P/c1-3-5-7-9-11-13-15-17-19-21-23-25-24-22-20-18-16-14-12-10-8-6-4-2;6-3-1-5-2-4-7;1-5(2,3)4/h3-24H2,1-2H3;5-7H,1-4H2;(H3,1,2,3,4). The van der Waals surface area contributed by atoms with Gasteiger partial charge in [0.2, 0.25) is 0 Å². The van der Waals surface area contributed by atoms with Gasteiger partial charge in [-0.1, -0.05) is 129 Å². The van der Waals surface area contributed by atoms with Crippen molar-refractivity contribution in [3.8, 4) is 0 Å². The van der Waals surface area contributed by atoms with Crippen LogP contribution in [0.5, 0.6) is 0 Å². The first-order chi connectivity index (χ1) is 17.8. The molecule has 6 N–H and O–H groups in total. The Hall–Kier alpha value is -0.0500. The average molecular weight is 558 g/mol. The Labute approximate surface area is 229 Å². The van der Waals surface area contributed by atoms with Crippen LogP contribution in [0.2, 0.25) is 0 Å². The van der Waals surface area contributed by atoms with Crippen LogP contribution in [0.15, 0.2) is 0 Å². The molecule has 37 heavy (non-hydrogen) atoms. The number of aliphatic hydroxyl groups is 2. The topological polar surface area (TPSA) is 139 Å². The average Bonchev–Trinajstić information content (AvgIpc) is 2.85. The van der Waals surface area contributed by atoms with Gasteiger partial charge in [0, 0.05) is 26.3 Å². The first-order valence-corrected chi connectivity index (χ1v) is 16.7. The maximum atomic E-state index is 8.88. The fraction of sp³-hybridized carbons (Fsp3) is 1.00. The molecule has 8 nitrogen and oxygen atoms in total. The molecule has 0 bridgehead atoms. The molecule has 0 fully saturated rings. The van der Waals surface area contributed by atoms with Crippen molar-refractivity contribution in [3.05, 3.63) is 0 Å². The molecular formula is C28H64NO7P. The molecule has 0 radical (unpaired) electrons. The van der Waals surface area contributed by atoms with Gasteiger partial charge in [-0.15, -0.1) is 0 Å². The molecule has 0 atom stereocenters. The second kappa shape index (κ2) is 38.1. The molecule has 0 saturated heterocycles. The van der Waals surface area contributed by atoms with Crippen molar-refractivity contribution in [2.75, 3.05) is 39.5 Å². The minimum absolute atomic E-state index is 0.139. The van der Waals surface area contributed by atoms with Crippen molar-refractivity contribution in [1.29, 1.82) is 0 Å². The summed E-state index contributed by atoms with van der Waals surface area (Å²) in [6.45, 7) is 7.99. The van der Waals surface area contributed by atoms with Crippen LogP contribution < -0.4 is 5.32 Å². The van der Waals surface area contributed by atoms with Crippen LogP contribution in [0.3, 0.4) is 0 Å². The highest BCUT2D eigenvalue weighted by molar-refractivity contribution is 7.45. The molecule has 0 heterocycles. The van der Waals surface area contributed by atoms with E-state index in [4.69, 9.17) is 34.2 Å². The number of phosphoric acid groups is 1. The Morgan fingerprint density at radius 1 is 0.514 bits per heavy atom. The van der Waals surface area contributed by atoms with Crippen molar-refractivity contribution in [2.24, 2.45) is 0 Å². The van der Waals surface area contributed by atoms with Crippen molar-refractivity contribution in [3.63, 3.8) is 0 Å². The molecule has 9 heteroatoms. The molecule has 0 aromatic rings. The summed E-state index contributed by atoms with van der Waals surface area (Å²) in [5.74, 6) is 0. The lowest BCUT2D eigenvalue weighted by Crippen LogP contribution is -2.21. The molecule has 0 aromatic heterocycles. The van der Waals surface area contributed by atoms with Crippen LogP contribution in [-0.2, 0) is 9.30 Å². The highest BCUT2D eigenvalue weighted by Crippen LogP contribution is 2.25. The number of rotatable bonds is 26. The summed E-state index contributed by atoms with van der Waals surface area (Å²) in [6, 6.07) is 0. The lowest BCUT2D eigenvalue weighted by atomic mass is 10.1. The number of aliphatic hydroxyl groups excluding tert-OH is 2. The van der Waals surface area contributed by atoms with E-state index in [0.717, 1.165) is 13.2 Å². The fourth-order valence-corrected chi connectivity index (χ4v) is 3.77. The zero-order valence-electron chi connectivity index (χ0n) is 24.4. The normalized spacial score (nSPS) is 11.0. The second-order valence-electron chi connectivity index (χ2n) is 9.69. The minimum atomic E-state index is -4.64. The van der Waals surface area contributed by atoms with Crippen LogP contribution in [0.4, 0.5) is 0 Å². The Morgan fingerprint density at radius 2 is 0.757 bits per heavy atom. The predicted octanol–water partition coefficient (Wildman–Crippen LogP) is 6.48. The Kier molecular flexibility index (Phi) is 42.7. The Morgan fingerprint density at radius 3 is 1.00 bits per heavy atom. The molecule has 0 rings (SSSR count). The van der Waals surface area contributed by atoms with Gasteiger partial charge in [-0.25, -0.2) is 4.57 Å². The van der Waals surface area contributed by atoms with E-state index in [1.54, 1.807) is 0 Å². The maximum Gasteiger partial charge on any atom is 0.466 e.